The van der Waals surface area contributed by atoms with Crippen LogP contribution in [0.5, 0.6) is 0 Å². The van der Waals surface area contributed by atoms with E-state index in [0.717, 1.165) is 11.0 Å². The predicted octanol–water partition coefficient (Wildman–Crippen LogP) is 5.83. The minimum atomic E-state index is -4.80. The summed E-state index contributed by atoms with van der Waals surface area (Å²) in [6.07, 6.45) is -3.05. The van der Waals surface area contributed by atoms with Gasteiger partial charge < -0.3 is 9.16 Å². The molecule has 34 heavy (non-hydrogen) atoms. The lowest BCUT2D eigenvalue weighted by Gasteiger charge is -2.41. The summed E-state index contributed by atoms with van der Waals surface area (Å²) in [7, 11) is -2.30. The Morgan fingerprint density at radius 2 is 1.71 bits per heavy atom. The Balaban J connectivity index is 1.75. The van der Waals surface area contributed by atoms with E-state index in [1.807, 2.05) is 0 Å². The average molecular weight is 493 g/mol. The third-order valence-electron chi connectivity index (χ3n) is 7.69. The second-order valence-electron chi connectivity index (χ2n) is 11.0. The zero-order valence-corrected chi connectivity index (χ0v) is 21.1. The number of imide groups is 1. The van der Waals surface area contributed by atoms with Crippen LogP contribution >= 0.6 is 0 Å². The van der Waals surface area contributed by atoms with Crippen molar-refractivity contribution in [1.82, 2.24) is 0 Å². The Kier molecular flexibility index (Phi) is 5.00. The fraction of sp³-hybridized carbons (Fsp3) is 0.542. The average Bonchev–Trinajstić information content (AvgIpc) is 3.20. The zero-order valence-electron chi connectivity index (χ0n) is 20.1. The van der Waals surface area contributed by atoms with Gasteiger partial charge in [-0.3, -0.25) is 9.59 Å². The van der Waals surface area contributed by atoms with E-state index in [4.69, 9.17) is 15.7 Å². The van der Waals surface area contributed by atoms with E-state index in [-0.39, 0.29) is 10.7 Å². The monoisotopic (exact) mass is 492 g/mol. The number of nitrogens with zero attached hydrogens (tertiary/aromatic N) is 2. The van der Waals surface area contributed by atoms with Crippen molar-refractivity contribution in [3.05, 3.63) is 47.0 Å². The Labute approximate surface area is 197 Å². The van der Waals surface area contributed by atoms with Crippen molar-refractivity contribution in [2.24, 2.45) is 11.8 Å². The SMILES string of the molecule is [C-]#[N+]c1ccc(N2C(=O)[C@@H]3[C@H](C2=O)C2(C)C=C(O[Si](C)(C)C(C)(C)C)C3(C)O2)cc1C(F)(F)F. The van der Waals surface area contributed by atoms with Crippen molar-refractivity contribution in [2.75, 3.05) is 4.90 Å². The van der Waals surface area contributed by atoms with Crippen LogP contribution in [0.15, 0.2) is 30.0 Å². The van der Waals surface area contributed by atoms with Crippen molar-refractivity contribution >= 4 is 31.5 Å². The molecule has 2 saturated heterocycles. The topological polar surface area (TPSA) is 60.2 Å². The first-order valence-corrected chi connectivity index (χ1v) is 13.9. The van der Waals surface area contributed by atoms with Crippen LogP contribution in [0, 0.1) is 18.4 Å². The normalized spacial score (nSPS) is 31.0. The molecule has 4 rings (SSSR count). The summed E-state index contributed by atoms with van der Waals surface area (Å²) in [6, 6.07) is 2.88. The van der Waals surface area contributed by atoms with E-state index in [9.17, 15) is 22.8 Å². The first-order chi connectivity index (χ1) is 15.4. The van der Waals surface area contributed by atoms with Crippen LogP contribution in [0.3, 0.4) is 0 Å². The third-order valence-corrected chi connectivity index (χ3v) is 12.0. The van der Waals surface area contributed by atoms with E-state index in [1.54, 1.807) is 19.9 Å². The standard InChI is InChI=1S/C24H27F3N2O4Si/c1-21(2,3)34(7,8)32-16-12-22(4)17-18(23(16,5)33-22)20(31)29(19(17)30)13-9-10-15(28-6)14(11-13)24(25,26)27/h9-12,17-18H,1-5,7-8H3/t17-,18+,22?,23?/m1/s1. The van der Waals surface area contributed by atoms with E-state index in [2.05, 4.69) is 38.7 Å². The van der Waals surface area contributed by atoms with Gasteiger partial charge in [-0.2, -0.15) is 13.2 Å². The number of carbonyl (C=O) groups excluding carboxylic acids is 2. The number of alkyl halides is 3. The van der Waals surface area contributed by atoms with E-state index in [0.29, 0.717) is 11.8 Å². The molecule has 0 N–H and O–H groups in total. The Bertz CT molecular complexity index is 1180. The molecule has 6 nitrogen and oxygen atoms in total. The number of amides is 2. The lowest BCUT2D eigenvalue weighted by Crippen LogP contribution is -2.47. The molecule has 182 valence electrons. The Hall–Kier alpha value is -2.64. The number of anilines is 1. The van der Waals surface area contributed by atoms with Gasteiger partial charge in [0.05, 0.1) is 24.0 Å². The van der Waals surface area contributed by atoms with Crippen LogP contribution in [-0.2, 0) is 24.9 Å². The molecule has 2 bridgehead atoms. The van der Waals surface area contributed by atoms with Gasteiger partial charge in [0.2, 0.25) is 20.1 Å². The maximum Gasteiger partial charge on any atom is 0.407 e. The van der Waals surface area contributed by atoms with Crippen molar-refractivity contribution < 1.29 is 31.9 Å². The van der Waals surface area contributed by atoms with Crippen molar-refractivity contribution in [2.45, 2.75) is 70.1 Å². The number of hydrogen-bond acceptors (Lipinski definition) is 4. The highest BCUT2D eigenvalue weighted by Crippen LogP contribution is 2.61. The lowest BCUT2D eigenvalue weighted by molar-refractivity contribution is -0.137. The molecule has 4 atom stereocenters. The quantitative estimate of drug-likeness (QED) is 0.303. The van der Waals surface area contributed by atoms with Gasteiger partial charge >= 0.3 is 6.18 Å². The number of ether oxygens (including phenoxy) is 1. The molecule has 3 heterocycles. The van der Waals surface area contributed by atoms with Crippen molar-refractivity contribution in [3.63, 3.8) is 0 Å². The van der Waals surface area contributed by atoms with Gasteiger partial charge in [0.25, 0.3) is 0 Å². The fourth-order valence-electron chi connectivity index (χ4n) is 4.91. The largest absolute Gasteiger partial charge is 0.544 e. The molecule has 3 aliphatic heterocycles. The highest BCUT2D eigenvalue weighted by Gasteiger charge is 2.74. The summed E-state index contributed by atoms with van der Waals surface area (Å²) in [6.45, 7) is 20.8. The molecule has 0 aliphatic carbocycles. The van der Waals surface area contributed by atoms with Gasteiger partial charge in [-0.05, 0) is 50.2 Å². The van der Waals surface area contributed by atoms with Gasteiger partial charge in [-0.1, -0.05) is 26.8 Å². The minimum absolute atomic E-state index is 0.119. The number of benzene rings is 1. The number of halogens is 3. The van der Waals surface area contributed by atoms with Crippen molar-refractivity contribution in [3.8, 4) is 0 Å². The maximum absolute atomic E-state index is 13.6. The molecule has 3 aliphatic rings. The van der Waals surface area contributed by atoms with Crippen LogP contribution in [0.25, 0.3) is 4.85 Å². The number of carbonyl (C=O) groups is 2. The molecule has 2 fully saturated rings. The number of rotatable bonds is 3. The lowest BCUT2D eigenvalue weighted by atomic mass is 9.72. The molecular weight excluding hydrogens is 465 g/mol. The fourth-order valence-corrected chi connectivity index (χ4v) is 6.03. The molecule has 2 unspecified atom stereocenters. The van der Waals surface area contributed by atoms with Crippen molar-refractivity contribution in [1.29, 1.82) is 0 Å². The second-order valence-corrected chi connectivity index (χ2v) is 15.8. The smallest absolute Gasteiger partial charge is 0.407 e. The minimum Gasteiger partial charge on any atom is -0.544 e. The van der Waals surface area contributed by atoms with Gasteiger partial charge in [0, 0.05) is 5.69 Å². The van der Waals surface area contributed by atoms with Crippen LogP contribution < -0.4 is 4.90 Å². The Morgan fingerprint density at radius 1 is 1.12 bits per heavy atom. The van der Waals surface area contributed by atoms with Crippen LogP contribution in [0.4, 0.5) is 24.5 Å². The highest BCUT2D eigenvalue weighted by atomic mass is 28.4. The van der Waals surface area contributed by atoms with Gasteiger partial charge in [0.15, 0.2) is 5.69 Å². The van der Waals surface area contributed by atoms with E-state index in [1.165, 1.54) is 6.07 Å². The summed E-state index contributed by atoms with van der Waals surface area (Å²) < 4.78 is 53.3. The number of hydrogen-bond donors (Lipinski definition) is 0. The first kappa shape index (κ1) is 24.5. The van der Waals surface area contributed by atoms with Crippen LogP contribution in [0.2, 0.25) is 18.1 Å². The molecule has 0 aromatic heterocycles. The molecule has 0 saturated carbocycles. The highest BCUT2D eigenvalue weighted by molar-refractivity contribution is 6.74. The maximum atomic E-state index is 13.6. The van der Waals surface area contributed by atoms with Gasteiger partial charge in [-0.15, -0.1) is 0 Å². The molecule has 0 spiro atoms. The molecule has 1 aromatic rings. The third kappa shape index (κ3) is 3.24. The van der Waals surface area contributed by atoms with Crippen LogP contribution in [0.1, 0.15) is 40.2 Å². The predicted molar refractivity (Wildman–Crippen MR) is 121 cm³/mol. The summed E-state index contributed by atoms with van der Waals surface area (Å²) >= 11 is 0. The summed E-state index contributed by atoms with van der Waals surface area (Å²) in [5.74, 6) is -2.55. The van der Waals surface area contributed by atoms with E-state index < -0.39 is 60.6 Å². The Morgan fingerprint density at radius 3 is 2.24 bits per heavy atom. The second kappa shape index (κ2) is 6.95. The molecule has 2 amide bonds. The van der Waals surface area contributed by atoms with Crippen LogP contribution in [-0.4, -0.2) is 31.3 Å². The molecule has 0 radical (unpaired) electrons. The summed E-state index contributed by atoms with van der Waals surface area (Å²) in [5.41, 5.74) is -4.32. The summed E-state index contributed by atoms with van der Waals surface area (Å²) in [5, 5.41) is -0.119. The molecule has 1 aromatic carbocycles. The van der Waals surface area contributed by atoms with Gasteiger partial charge in [-0.25, -0.2) is 9.74 Å². The number of fused-ring (bicyclic) bond motifs is 5. The zero-order chi connectivity index (χ0) is 25.6. The molecular formula is C24H27F3N2O4Si. The molecule has 10 heteroatoms. The summed E-state index contributed by atoms with van der Waals surface area (Å²) in [4.78, 5) is 30.7. The van der Waals surface area contributed by atoms with Gasteiger partial charge in [0.1, 0.15) is 17.0 Å². The van der Waals surface area contributed by atoms with E-state index >= 15 is 0 Å². The first-order valence-electron chi connectivity index (χ1n) is 11.0.